The minimum atomic E-state index is -0.465. The molecule has 0 aliphatic carbocycles. The van der Waals surface area contributed by atoms with Crippen molar-refractivity contribution >= 4 is 12.0 Å². The fraction of sp³-hybridized carbons (Fsp3) is 0.214. The highest BCUT2D eigenvalue weighted by molar-refractivity contribution is 5.89. The van der Waals surface area contributed by atoms with Crippen LogP contribution in [0.25, 0.3) is 6.08 Å². The molecule has 90 valence electrons. The Morgan fingerprint density at radius 2 is 2.12 bits per heavy atom. The first kappa shape index (κ1) is 13.2. The first-order valence-electron chi connectivity index (χ1n) is 5.41. The third kappa shape index (κ3) is 3.89. The maximum atomic E-state index is 11.6. The summed E-state index contributed by atoms with van der Waals surface area (Å²) in [6.07, 6.45) is 2.57. The Morgan fingerprint density at radius 1 is 1.41 bits per heavy atom. The van der Waals surface area contributed by atoms with Gasteiger partial charge in [0.25, 0.3) is 0 Å². The van der Waals surface area contributed by atoms with Gasteiger partial charge >= 0.3 is 5.97 Å². The van der Waals surface area contributed by atoms with Gasteiger partial charge in [-0.25, -0.2) is 4.79 Å². The van der Waals surface area contributed by atoms with Crippen molar-refractivity contribution in [2.75, 3.05) is 6.61 Å². The monoisotopic (exact) mass is 232 g/mol. The SMILES string of the molecule is C=Cc1ccccc1OC(=O)C(=C)CCCO. The van der Waals surface area contributed by atoms with Gasteiger partial charge in [0, 0.05) is 17.7 Å². The lowest BCUT2D eigenvalue weighted by Gasteiger charge is -2.08. The number of carbonyl (C=O) groups is 1. The van der Waals surface area contributed by atoms with Crippen molar-refractivity contribution in [3.05, 3.63) is 48.6 Å². The Hall–Kier alpha value is -1.87. The number of hydrogen-bond donors (Lipinski definition) is 1. The summed E-state index contributed by atoms with van der Waals surface area (Å²) in [5.41, 5.74) is 1.12. The van der Waals surface area contributed by atoms with Gasteiger partial charge in [-0.05, 0) is 18.9 Å². The molecule has 0 aliphatic rings. The molecule has 0 amide bonds. The minimum absolute atomic E-state index is 0.0372. The Labute approximate surface area is 101 Å². The molecule has 0 aliphatic heterocycles. The molecule has 0 saturated heterocycles. The van der Waals surface area contributed by atoms with Gasteiger partial charge in [0.1, 0.15) is 5.75 Å². The molecule has 0 saturated carbocycles. The van der Waals surface area contributed by atoms with E-state index in [4.69, 9.17) is 9.84 Å². The van der Waals surface area contributed by atoms with E-state index in [0.29, 0.717) is 24.2 Å². The maximum absolute atomic E-state index is 11.6. The molecule has 1 rings (SSSR count). The predicted octanol–water partition coefficient (Wildman–Crippen LogP) is 2.56. The van der Waals surface area contributed by atoms with Gasteiger partial charge in [0.05, 0.1) is 0 Å². The summed E-state index contributed by atoms with van der Waals surface area (Å²) in [5, 5.41) is 8.66. The van der Waals surface area contributed by atoms with Crippen molar-refractivity contribution in [2.24, 2.45) is 0 Å². The number of aliphatic hydroxyl groups excluding tert-OH is 1. The average Bonchev–Trinajstić information content (AvgIpc) is 2.36. The third-order valence-electron chi connectivity index (χ3n) is 2.27. The van der Waals surface area contributed by atoms with Crippen LogP contribution in [-0.2, 0) is 4.79 Å². The Kier molecular flexibility index (Phi) is 5.17. The molecule has 0 atom stereocenters. The van der Waals surface area contributed by atoms with Crippen LogP contribution in [0, 0.1) is 0 Å². The molecule has 17 heavy (non-hydrogen) atoms. The largest absolute Gasteiger partial charge is 0.423 e. The van der Waals surface area contributed by atoms with E-state index in [-0.39, 0.29) is 6.61 Å². The zero-order valence-electron chi connectivity index (χ0n) is 9.69. The van der Waals surface area contributed by atoms with Gasteiger partial charge in [-0.15, -0.1) is 0 Å². The number of ether oxygens (including phenoxy) is 1. The highest BCUT2D eigenvalue weighted by Crippen LogP contribution is 2.20. The molecule has 3 nitrogen and oxygen atoms in total. The molecular weight excluding hydrogens is 216 g/mol. The fourth-order valence-corrected chi connectivity index (χ4v) is 1.31. The van der Waals surface area contributed by atoms with Crippen LogP contribution in [0.2, 0.25) is 0 Å². The van der Waals surface area contributed by atoms with Gasteiger partial charge in [-0.1, -0.05) is 37.4 Å². The van der Waals surface area contributed by atoms with Gasteiger partial charge in [-0.3, -0.25) is 0 Å². The van der Waals surface area contributed by atoms with Gasteiger partial charge in [0.15, 0.2) is 0 Å². The van der Waals surface area contributed by atoms with Crippen LogP contribution in [0.15, 0.2) is 43.0 Å². The van der Waals surface area contributed by atoms with Crippen molar-refractivity contribution in [1.82, 2.24) is 0 Å². The number of hydrogen-bond acceptors (Lipinski definition) is 3. The van der Waals surface area contributed by atoms with Crippen molar-refractivity contribution in [2.45, 2.75) is 12.8 Å². The molecule has 1 N–H and O–H groups in total. The summed E-state index contributed by atoms with van der Waals surface area (Å²) < 4.78 is 5.20. The summed E-state index contributed by atoms with van der Waals surface area (Å²) in [4.78, 5) is 11.6. The van der Waals surface area contributed by atoms with Crippen molar-refractivity contribution < 1.29 is 14.6 Å². The Morgan fingerprint density at radius 3 is 2.76 bits per heavy atom. The smallest absolute Gasteiger partial charge is 0.338 e. The highest BCUT2D eigenvalue weighted by atomic mass is 16.5. The van der Waals surface area contributed by atoms with Crippen LogP contribution in [-0.4, -0.2) is 17.7 Å². The number of carbonyl (C=O) groups excluding carboxylic acids is 1. The average molecular weight is 232 g/mol. The first-order valence-corrected chi connectivity index (χ1v) is 5.41. The molecular formula is C14H16O3. The molecule has 0 spiro atoms. The van der Waals surface area contributed by atoms with Crippen molar-refractivity contribution in [3.63, 3.8) is 0 Å². The zero-order chi connectivity index (χ0) is 12.7. The van der Waals surface area contributed by atoms with Gasteiger partial charge < -0.3 is 9.84 Å². The van der Waals surface area contributed by atoms with Crippen LogP contribution < -0.4 is 4.74 Å². The molecule has 0 heterocycles. The van der Waals surface area contributed by atoms with Crippen LogP contribution >= 0.6 is 0 Å². The number of benzene rings is 1. The normalized spacial score (nSPS) is 9.71. The topological polar surface area (TPSA) is 46.5 Å². The zero-order valence-corrected chi connectivity index (χ0v) is 9.69. The van der Waals surface area contributed by atoms with E-state index in [1.807, 2.05) is 12.1 Å². The fourth-order valence-electron chi connectivity index (χ4n) is 1.31. The standard InChI is InChI=1S/C14H16O3/c1-3-12-8-4-5-9-13(12)17-14(16)11(2)7-6-10-15/h3-5,8-9,15H,1-2,6-7,10H2. The summed E-state index contributed by atoms with van der Waals surface area (Å²) in [6, 6.07) is 7.14. The minimum Gasteiger partial charge on any atom is -0.423 e. The first-order chi connectivity index (χ1) is 8.19. The molecule has 0 unspecified atom stereocenters. The van der Waals surface area contributed by atoms with E-state index < -0.39 is 5.97 Å². The van der Waals surface area contributed by atoms with E-state index in [0.717, 1.165) is 5.56 Å². The lowest BCUT2D eigenvalue weighted by Crippen LogP contribution is -2.11. The molecule has 0 fully saturated rings. The van der Waals surface area contributed by atoms with E-state index in [1.165, 1.54) is 0 Å². The molecule has 3 heteroatoms. The summed E-state index contributed by atoms with van der Waals surface area (Å²) in [7, 11) is 0. The van der Waals surface area contributed by atoms with Crippen LogP contribution in [0.5, 0.6) is 5.75 Å². The number of esters is 1. The second kappa shape index (κ2) is 6.66. The van der Waals surface area contributed by atoms with E-state index in [2.05, 4.69) is 13.2 Å². The second-order valence-corrected chi connectivity index (χ2v) is 3.56. The molecule has 1 aromatic rings. The van der Waals surface area contributed by atoms with Crippen LogP contribution in [0.3, 0.4) is 0 Å². The van der Waals surface area contributed by atoms with Crippen LogP contribution in [0.4, 0.5) is 0 Å². The Balaban J connectivity index is 2.67. The van der Waals surface area contributed by atoms with Crippen LogP contribution in [0.1, 0.15) is 18.4 Å². The second-order valence-electron chi connectivity index (χ2n) is 3.56. The van der Waals surface area contributed by atoms with Gasteiger partial charge in [-0.2, -0.15) is 0 Å². The molecule has 0 aromatic heterocycles. The van der Waals surface area contributed by atoms with E-state index >= 15 is 0 Å². The molecule has 1 aromatic carbocycles. The molecule has 0 bridgehead atoms. The highest BCUT2D eigenvalue weighted by Gasteiger charge is 2.10. The van der Waals surface area contributed by atoms with Crippen molar-refractivity contribution in [3.8, 4) is 5.75 Å². The number of rotatable bonds is 6. The summed E-state index contributed by atoms with van der Waals surface area (Å²) in [6.45, 7) is 7.32. The molecule has 0 radical (unpaired) electrons. The Bertz CT molecular complexity index is 421. The predicted molar refractivity (Wildman–Crippen MR) is 67.6 cm³/mol. The maximum Gasteiger partial charge on any atom is 0.338 e. The number of aliphatic hydroxyl groups is 1. The van der Waals surface area contributed by atoms with Gasteiger partial charge in [0.2, 0.25) is 0 Å². The van der Waals surface area contributed by atoms with E-state index in [9.17, 15) is 4.79 Å². The van der Waals surface area contributed by atoms with Crippen molar-refractivity contribution in [1.29, 1.82) is 0 Å². The summed E-state index contributed by atoms with van der Waals surface area (Å²) in [5.74, 6) is 0.00500. The summed E-state index contributed by atoms with van der Waals surface area (Å²) >= 11 is 0. The van der Waals surface area contributed by atoms with E-state index in [1.54, 1.807) is 18.2 Å². The lowest BCUT2D eigenvalue weighted by molar-refractivity contribution is -0.130. The quantitative estimate of drug-likeness (QED) is 0.466. The lowest BCUT2D eigenvalue weighted by atomic mass is 10.1. The number of para-hydroxylation sites is 1. The third-order valence-corrected chi connectivity index (χ3v) is 2.27.